The summed E-state index contributed by atoms with van der Waals surface area (Å²) >= 11 is 0. The molecule has 1 fully saturated rings. The number of amides is 1. The van der Waals surface area contributed by atoms with Gasteiger partial charge in [0.25, 0.3) is 5.91 Å². The van der Waals surface area contributed by atoms with E-state index in [1.165, 1.54) is 0 Å². The van der Waals surface area contributed by atoms with Crippen LogP contribution in [0.3, 0.4) is 0 Å². The highest BCUT2D eigenvalue weighted by Crippen LogP contribution is 2.10. The summed E-state index contributed by atoms with van der Waals surface area (Å²) in [4.78, 5) is 14.2. The van der Waals surface area contributed by atoms with Gasteiger partial charge in [-0.3, -0.25) is 9.69 Å². The van der Waals surface area contributed by atoms with Gasteiger partial charge in [0.1, 0.15) is 5.75 Å². The summed E-state index contributed by atoms with van der Waals surface area (Å²) in [5.74, 6) is 0.709. The topological polar surface area (TPSA) is 50.8 Å². The Bertz CT molecular complexity index is 405. The standard InChI is InChI=1S/C14H20N2O3.ClH/c1-18-13-4-2-12(3-5-13)14(17)15-6-7-16-8-10-19-11-9-16;/h2-5H,6-11H2,1H3,(H,15,17);1H/p-1. The Kier molecular flexibility index (Phi) is 7.36. The van der Waals surface area contributed by atoms with Crippen LogP contribution in [0.15, 0.2) is 24.3 Å². The Morgan fingerprint density at radius 2 is 1.95 bits per heavy atom. The molecule has 1 N–H and O–H groups in total. The van der Waals surface area contributed by atoms with Gasteiger partial charge < -0.3 is 27.2 Å². The van der Waals surface area contributed by atoms with E-state index in [0.717, 1.165) is 38.6 Å². The molecule has 1 aliphatic rings. The van der Waals surface area contributed by atoms with Gasteiger partial charge >= 0.3 is 0 Å². The Hall–Kier alpha value is -1.30. The molecule has 1 amide bonds. The van der Waals surface area contributed by atoms with Crippen LogP contribution in [0.25, 0.3) is 0 Å². The number of methoxy groups -OCH3 is 1. The second-order valence-electron chi connectivity index (χ2n) is 4.44. The first-order valence-corrected chi connectivity index (χ1v) is 6.52. The molecule has 112 valence electrons. The molecule has 0 spiro atoms. The van der Waals surface area contributed by atoms with E-state index in [2.05, 4.69) is 10.2 Å². The second kappa shape index (κ2) is 8.79. The van der Waals surface area contributed by atoms with E-state index in [1.807, 2.05) is 0 Å². The third-order valence-electron chi connectivity index (χ3n) is 3.17. The highest BCUT2D eigenvalue weighted by molar-refractivity contribution is 5.94. The molecule has 6 heteroatoms. The molecule has 0 aliphatic carbocycles. The quantitative estimate of drug-likeness (QED) is 0.668. The lowest BCUT2D eigenvalue weighted by Crippen LogP contribution is -3.00. The van der Waals surface area contributed by atoms with Crippen LogP contribution >= 0.6 is 0 Å². The number of ether oxygens (including phenoxy) is 2. The van der Waals surface area contributed by atoms with Gasteiger partial charge in [-0.25, -0.2) is 0 Å². The van der Waals surface area contributed by atoms with E-state index in [4.69, 9.17) is 9.47 Å². The maximum absolute atomic E-state index is 11.9. The maximum Gasteiger partial charge on any atom is 0.251 e. The van der Waals surface area contributed by atoms with E-state index in [0.29, 0.717) is 12.1 Å². The lowest BCUT2D eigenvalue weighted by atomic mass is 10.2. The van der Waals surface area contributed by atoms with E-state index >= 15 is 0 Å². The molecule has 2 rings (SSSR count). The number of morpholine rings is 1. The van der Waals surface area contributed by atoms with Gasteiger partial charge in [-0.15, -0.1) is 0 Å². The van der Waals surface area contributed by atoms with Gasteiger partial charge in [0.2, 0.25) is 0 Å². The van der Waals surface area contributed by atoms with Crippen molar-refractivity contribution in [3.8, 4) is 5.75 Å². The van der Waals surface area contributed by atoms with Crippen LogP contribution in [-0.2, 0) is 4.74 Å². The van der Waals surface area contributed by atoms with Crippen LogP contribution in [-0.4, -0.2) is 57.3 Å². The smallest absolute Gasteiger partial charge is 0.251 e. The number of hydrogen-bond acceptors (Lipinski definition) is 4. The maximum atomic E-state index is 11.9. The normalized spacial score (nSPS) is 15.2. The van der Waals surface area contributed by atoms with E-state index in [9.17, 15) is 4.79 Å². The second-order valence-corrected chi connectivity index (χ2v) is 4.44. The van der Waals surface area contributed by atoms with Crippen LogP contribution in [0, 0.1) is 0 Å². The van der Waals surface area contributed by atoms with Crippen molar-refractivity contribution in [2.45, 2.75) is 0 Å². The summed E-state index contributed by atoms with van der Waals surface area (Å²) in [6, 6.07) is 7.11. The SMILES string of the molecule is COc1ccc(C(=O)NCCN2CCOCC2)cc1.[Cl-]. The minimum Gasteiger partial charge on any atom is -1.00 e. The molecular formula is C14H20ClN2O3-. The molecule has 1 aliphatic heterocycles. The Morgan fingerprint density at radius 3 is 2.55 bits per heavy atom. The zero-order chi connectivity index (χ0) is 13.5. The average Bonchev–Trinajstić information content (AvgIpc) is 2.48. The van der Waals surface area contributed by atoms with E-state index in [1.54, 1.807) is 31.4 Å². The third-order valence-corrected chi connectivity index (χ3v) is 3.17. The lowest BCUT2D eigenvalue weighted by molar-refractivity contribution is -0.0000149. The van der Waals surface area contributed by atoms with Gasteiger partial charge in [-0.1, -0.05) is 0 Å². The van der Waals surface area contributed by atoms with Gasteiger partial charge in [-0.05, 0) is 24.3 Å². The Balaban J connectivity index is 0.00000200. The van der Waals surface area contributed by atoms with Gasteiger partial charge in [-0.2, -0.15) is 0 Å². The van der Waals surface area contributed by atoms with Crippen molar-refractivity contribution in [1.29, 1.82) is 0 Å². The summed E-state index contributed by atoms with van der Waals surface area (Å²) in [6.07, 6.45) is 0. The largest absolute Gasteiger partial charge is 1.00 e. The van der Waals surface area contributed by atoms with Crippen LogP contribution < -0.4 is 22.5 Å². The van der Waals surface area contributed by atoms with E-state index < -0.39 is 0 Å². The number of halogens is 1. The number of hydrogen-bond donors (Lipinski definition) is 1. The molecule has 1 aromatic rings. The monoisotopic (exact) mass is 299 g/mol. The Morgan fingerprint density at radius 1 is 1.30 bits per heavy atom. The fourth-order valence-corrected chi connectivity index (χ4v) is 2.00. The zero-order valence-electron chi connectivity index (χ0n) is 11.6. The molecule has 1 saturated heterocycles. The fraction of sp³-hybridized carbons (Fsp3) is 0.500. The van der Waals surface area contributed by atoms with Crippen molar-refractivity contribution in [1.82, 2.24) is 10.2 Å². The van der Waals surface area contributed by atoms with Crippen LogP contribution in [0.1, 0.15) is 10.4 Å². The lowest BCUT2D eigenvalue weighted by Gasteiger charge is -2.26. The summed E-state index contributed by atoms with van der Waals surface area (Å²) in [5, 5.41) is 2.92. The predicted octanol–water partition coefficient (Wildman–Crippen LogP) is -2.24. The summed E-state index contributed by atoms with van der Waals surface area (Å²) in [7, 11) is 1.61. The number of benzene rings is 1. The molecule has 20 heavy (non-hydrogen) atoms. The molecule has 0 bridgehead atoms. The van der Waals surface area contributed by atoms with Crippen LogP contribution in [0.4, 0.5) is 0 Å². The highest BCUT2D eigenvalue weighted by Gasteiger charge is 2.10. The van der Waals surface area contributed by atoms with Crippen molar-refractivity contribution in [3.63, 3.8) is 0 Å². The predicted molar refractivity (Wildman–Crippen MR) is 72.6 cm³/mol. The number of nitrogens with one attached hydrogen (secondary N) is 1. The zero-order valence-corrected chi connectivity index (χ0v) is 12.4. The summed E-state index contributed by atoms with van der Waals surface area (Å²) in [6.45, 7) is 4.98. The van der Waals surface area contributed by atoms with Crippen molar-refractivity contribution in [2.75, 3.05) is 46.5 Å². The molecule has 0 aromatic heterocycles. The van der Waals surface area contributed by atoms with Gasteiger partial charge in [0.15, 0.2) is 0 Å². The number of carbonyl (C=O) groups excluding carboxylic acids is 1. The highest BCUT2D eigenvalue weighted by atomic mass is 35.5. The molecule has 1 aromatic carbocycles. The first-order chi connectivity index (χ1) is 9.29. The minimum absolute atomic E-state index is 0. The van der Waals surface area contributed by atoms with Crippen molar-refractivity contribution >= 4 is 5.91 Å². The molecular weight excluding hydrogens is 280 g/mol. The fourth-order valence-electron chi connectivity index (χ4n) is 2.00. The van der Waals surface area contributed by atoms with Crippen molar-refractivity contribution in [3.05, 3.63) is 29.8 Å². The minimum atomic E-state index is -0.0455. The van der Waals surface area contributed by atoms with Gasteiger partial charge in [0.05, 0.1) is 20.3 Å². The molecule has 5 nitrogen and oxygen atoms in total. The van der Waals surface area contributed by atoms with Gasteiger partial charge in [0, 0.05) is 31.7 Å². The Labute approximate surface area is 125 Å². The molecule has 1 heterocycles. The number of rotatable bonds is 5. The summed E-state index contributed by atoms with van der Waals surface area (Å²) in [5.41, 5.74) is 0.655. The third kappa shape index (κ3) is 5.00. The number of nitrogens with zero attached hydrogens (tertiary/aromatic N) is 1. The van der Waals surface area contributed by atoms with Crippen molar-refractivity contribution < 1.29 is 26.7 Å². The number of carbonyl (C=O) groups is 1. The first-order valence-electron chi connectivity index (χ1n) is 6.52. The average molecular weight is 300 g/mol. The molecule has 0 unspecified atom stereocenters. The molecule has 0 saturated carbocycles. The summed E-state index contributed by atoms with van der Waals surface area (Å²) < 4.78 is 10.3. The first kappa shape index (κ1) is 16.8. The molecule has 0 atom stereocenters. The van der Waals surface area contributed by atoms with Crippen LogP contribution in [0.5, 0.6) is 5.75 Å². The van der Waals surface area contributed by atoms with Crippen molar-refractivity contribution in [2.24, 2.45) is 0 Å². The van der Waals surface area contributed by atoms with Crippen LogP contribution in [0.2, 0.25) is 0 Å². The van der Waals surface area contributed by atoms with E-state index in [-0.39, 0.29) is 18.3 Å². The molecule has 0 radical (unpaired) electrons.